The van der Waals surface area contributed by atoms with E-state index in [1.54, 1.807) is 10.5 Å². The number of aromatic nitrogens is 2. The fourth-order valence-corrected chi connectivity index (χ4v) is 3.25. The summed E-state index contributed by atoms with van der Waals surface area (Å²) in [6.45, 7) is 4.11. The molecule has 1 aromatic rings. The van der Waals surface area contributed by atoms with E-state index in [2.05, 4.69) is 5.10 Å². The average Bonchev–Trinajstić information content (AvgIpc) is 2.64. The Balaban J connectivity index is 2.01. The van der Waals surface area contributed by atoms with Gasteiger partial charge in [-0.1, -0.05) is 0 Å². The van der Waals surface area contributed by atoms with Crippen LogP contribution in [0.25, 0.3) is 0 Å². The first kappa shape index (κ1) is 12.6. The van der Waals surface area contributed by atoms with Crippen LogP contribution >= 0.6 is 0 Å². The van der Waals surface area contributed by atoms with E-state index in [0.717, 1.165) is 25.1 Å². The minimum absolute atomic E-state index is 0.372. The highest BCUT2D eigenvalue weighted by molar-refractivity contribution is 7.88. The molecule has 0 saturated carbocycles. The smallest absolute Gasteiger partial charge is 0.211 e. The zero-order valence-electron chi connectivity index (χ0n) is 10.3. The molecule has 0 aromatic carbocycles. The lowest BCUT2D eigenvalue weighted by Gasteiger charge is -2.31. The molecule has 0 radical (unpaired) electrons. The first-order valence-corrected chi connectivity index (χ1v) is 7.75. The summed E-state index contributed by atoms with van der Waals surface area (Å²) in [5, 5.41) is 4.25. The first-order valence-electron chi connectivity index (χ1n) is 5.90. The molecule has 0 N–H and O–H groups in total. The molecule has 1 unspecified atom stereocenters. The summed E-state index contributed by atoms with van der Waals surface area (Å²) in [5.74, 6) is 0.372. The maximum Gasteiger partial charge on any atom is 0.211 e. The van der Waals surface area contributed by atoms with Gasteiger partial charge in [0.05, 0.1) is 6.26 Å². The summed E-state index contributed by atoms with van der Waals surface area (Å²) in [5.41, 5.74) is 1.13. The Hall–Kier alpha value is -0.880. The van der Waals surface area contributed by atoms with Gasteiger partial charge in [0.25, 0.3) is 0 Å². The fraction of sp³-hybridized carbons (Fsp3) is 0.727. The number of piperidine rings is 1. The van der Waals surface area contributed by atoms with Gasteiger partial charge in [-0.2, -0.15) is 5.10 Å². The van der Waals surface area contributed by atoms with Crippen molar-refractivity contribution in [2.75, 3.05) is 19.3 Å². The quantitative estimate of drug-likeness (QED) is 0.807. The van der Waals surface area contributed by atoms with Crippen LogP contribution in [0.4, 0.5) is 0 Å². The number of sulfonamides is 1. The molecule has 0 aliphatic carbocycles. The van der Waals surface area contributed by atoms with Gasteiger partial charge in [0.2, 0.25) is 10.0 Å². The molecular formula is C11H19N3O2S. The fourth-order valence-electron chi connectivity index (χ4n) is 2.31. The Morgan fingerprint density at radius 3 is 2.88 bits per heavy atom. The third-order valence-electron chi connectivity index (χ3n) is 3.31. The molecule has 0 amide bonds. The zero-order valence-corrected chi connectivity index (χ0v) is 11.2. The predicted octanol–water partition coefficient (Wildman–Crippen LogP) is 0.863. The molecular weight excluding hydrogens is 238 g/mol. The Bertz CT molecular complexity index is 481. The molecule has 96 valence electrons. The van der Waals surface area contributed by atoms with Gasteiger partial charge < -0.3 is 0 Å². The maximum atomic E-state index is 11.5. The minimum atomic E-state index is -3.04. The summed E-state index contributed by atoms with van der Waals surface area (Å²) in [6, 6.07) is 1.97. The highest BCUT2D eigenvalue weighted by Crippen LogP contribution is 2.20. The third kappa shape index (κ3) is 3.07. The van der Waals surface area contributed by atoms with Gasteiger partial charge in [-0.25, -0.2) is 12.7 Å². The SMILES string of the molecule is Cc1ccnn1CC1CCCN(S(C)(=O)=O)C1. The monoisotopic (exact) mass is 257 g/mol. The van der Waals surface area contributed by atoms with Crippen molar-refractivity contribution in [2.24, 2.45) is 5.92 Å². The minimum Gasteiger partial charge on any atom is -0.270 e. The van der Waals surface area contributed by atoms with Gasteiger partial charge in [-0.05, 0) is 31.7 Å². The van der Waals surface area contributed by atoms with Crippen molar-refractivity contribution in [3.63, 3.8) is 0 Å². The zero-order chi connectivity index (χ0) is 12.5. The molecule has 2 rings (SSSR count). The Morgan fingerprint density at radius 2 is 2.29 bits per heavy atom. The number of hydrogen-bond donors (Lipinski definition) is 0. The van der Waals surface area contributed by atoms with Crippen molar-refractivity contribution in [1.82, 2.24) is 14.1 Å². The summed E-state index contributed by atoms with van der Waals surface area (Å²) < 4.78 is 26.5. The van der Waals surface area contributed by atoms with E-state index in [9.17, 15) is 8.42 Å². The standard InChI is InChI=1S/C11H19N3O2S/c1-10-5-6-12-14(10)9-11-4-3-7-13(8-11)17(2,15)16/h5-6,11H,3-4,7-9H2,1-2H3. The van der Waals surface area contributed by atoms with Crippen LogP contribution in [-0.4, -0.2) is 41.8 Å². The van der Waals surface area contributed by atoms with Gasteiger partial charge in [0.15, 0.2) is 0 Å². The second-order valence-corrected chi connectivity index (χ2v) is 6.77. The van der Waals surface area contributed by atoms with Crippen LogP contribution in [0.2, 0.25) is 0 Å². The molecule has 1 aliphatic rings. The van der Waals surface area contributed by atoms with Crippen molar-refractivity contribution in [3.8, 4) is 0 Å². The molecule has 1 saturated heterocycles. The van der Waals surface area contributed by atoms with Crippen molar-refractivity contribution in [1.29, 1.82) is 0 Å². The number of rotatable bonds is 3. The summed E-state index contributed by atoms with van der Waals surface area (Å²) >= 11 is 0. The number of nitrogens with zero attached hydrogens (tertiary/aromatic N) is 3. The highest BCUT2D eigenvalue weighted by atomic mass is 32.2. The molecule has 1 fully saturated rings. The van der Waals surface area contributed by atoms with Gasteiger partial charge in [0, 0.05) is 31.5 Å². The summed E-state index contributed by atoms with van der Waals surface area (Å²) in [7, 11) is -3.04. The molecule has 1 atom stereocenters. The van der Waals surface area contributed by atoms with Crippen LogP contribution in [0.15, 0.2) is 12.3 Å². The molecule has 0 spiro atoms. The van der Waals surface area contributed by atoms with Crippen LogP contribution in [0, 0.1) is 12.8 Å². The predicted molar refractivity (Wildman–Crippen MR) is 66.1 cm³/mol. The van der Waals surface area contributed by atoms with E-state index in [1.165, 1.54) is 6.26 Å². The van der Waals surface area contributed by atoms with Crippen LogP contribution in [0.5, 0.6) is 0 Å². The van der Waals surface area contributed by atoms with Crippen molar-refractivity contribution >= 4 is 10.0 Å². The van der Waals surface area contributed by atoms with Gasteiger partial charge in [-0.15, -0.1) is 0 Å². The lowest BCUT2D eigenvalue weighted by molar-refractivity contribution is 0.239. The highest BCUT2D eigenvalue weighted by Gasteiger charge is 2.26. The lowest BCUT2D eigenvalue weighted by Crippen LogP contribution is -2.40. The molecule has 1 aromatic heterocycles. The van der Waals surface area contributed by atoms with Gasteiger partial charge in [0.1, 0.15) is 0 Å². The maximum absolute atomic E-state index is 11.5. The van der Waals surface area contributed by atoms with E-state index >= 15 is 0 Å². The van der Waals surface area contributed by atoms with E-state index in [1.807, 2.05) is 17.7 Å². The topological polar surface area (TPSA) is 55.2 Å². The number of hydrogen-bond acceptors (Lipinski definition) is 3. The second-order valence-electron chi connectivity index (χ2n) is 4.78. The second kappa shape index (κ2) is 4.78. The van der Waals surface area contributed by atoms with Crippen molar-refractivity contribution < 1.29 is 8.42 Å². The Labute approximate surface area is 102 Å². The molecule has 6 heteroatoms. The van der Waals surface area contributed by atoms with E-state index in [-0.39, 0.29) is 0 Å². The summed E-state index contributed by atoms with van der Waals surface area (Å²) in [6.07, 6.45) is 5.09. The first-order chi connectivity index (χ1) is 7.97. The van der Waals surface area contributed by atoms with Crippen molar-refractivity contribution in [3.05, 3.63) is 18.0 Å². The lowest BCUT2D eigenvalue weighted by atomic mass is 10.00. The van der Waals surface area contributed by atoms with Crippen molar-refractivity contribution in [2.45, 2.75) is 26.3 Å². The Morgan fingerprint density at radius 1 is 1.53 bits per heavy atom. The van der Waals surface area contributed by atoms with Gasteiger partial charge >= 0.3 is 0 Å². The van der Waals surface area contributed by atoms with Crippen LogP contribution in [0.1, 0.15) is 18.5 Å². The average molecular weight is 257 g/mol. The molecule has 5 nitrogen and oxygen atoms in total. The Kier molecular flexibility index (Phi) is 3.53. The van der Waals surface area contributed by atoms with E-state index < -0.39 is 10.0 Å². The normalized spacial score (nSPS) is 22.8. The molecule has 2 heterocycles. The summed E-state index contributed by atoms with van der Waals surface area (Å²) in [4.78, 5) is 0. The largest absolute Gasteiger partial charge is 0.270 e. The third-order valence-corrected chi connectivity index (χ3v) is 4.58. The molecule has 17 heavy (non-hydrogen) atoms. The molecule has 1 aliphatic heterocycles. The van der Waals surface area contributed by atoms with Crippen LogP contribution in [-0.2, 0) is 16.6 Å². The van der Waals surface area contributed by atoms with Crippen LogP contribution in [0.3, 0.4) is 0 Å². The number of aryl methyl sites for hydroxylation is 1. The van der Waals surface area contributed by atoms with Gasteiger partial charge in [-0.3, -0.25) is 4.68 Å². The van der Waals surface area contributed by atoms with E-state index in [4.69, 9.17) is 0 Å². The van der Waals surface area contributed by atoms with E-state index in [0.29, 0.717) is 19.0 Å². The van der Waals surface area contributed by atoms with Crippen LogP contribution < -0.4 is 0 Å². The molecule has 0 bridgehead atoms.